The van der Waals surface area contributed by atoms with E-state index in [0.717, 1.165) is 17.2 Å². The molecule has 0 amide bonds. The third-order valence-electron chi connectivity index (χ3n) is 4.18. The van der Waals surface area contributed by atoms with Crippen LogP contribution in [0.1, 0.15) is 11.1 Å². The van der Waals surface area contributed by atoms with Gasteiger partial charge in [-0.2, -0.15) is 0 Å². The Morgan fingerprint density at radius 2 is 1.83 bits per heavy atom. The van der Waals surface area contributed by atoms with Gasteiger partial charge >= 0.3 is 0 Å². The molecular formula is C17H18FNO4S. The van der Waals surface area contributed by atoms with Crippen molar-refractivity contribution < 1.29 is 22.7 Å². The number of fused-ring (bicyclic) bond motifs is 1. The van der Waals surface area contributed by atoms with Crippen molar-refractivity contribution in [3.05, 3.63) is 59.4 Å². The average molecular weight is 351 g/mol. The number of rotatable bonds is 5. The number of ether oxygens (including phenoxy) is 1. The number of nitrogens with one attached hydrogen (secondary N) is 1. The van der Waals surface area contributed by atoms with Gasteiger partial charge in [0.1, 0.15) is 0 Å². The molecule has 24 heavy (non-hydrogen) atoms. The quantitative estimate of drug-likeness (QED) is 0.859. The van der Waals surface area contributed by atoms with E-state index in [1.807, 2.05) is 24.3 Å². The van der Waals surface area contributed by atoms with Crippen molar-refractivity contribution in [2.45, 2.75) is 23.3 Å². The standard InChI is InChI=1S/C17H18FNO4S/c1-23-16-7-6-14(8-15(16)18)24(21,22)19-11-17(20)9-12-4-2-3-5-13(12)10-17/h2-8,19-20H,9-11H2,1H3. The van der Waals surface area contributed by atoms with Crippen LogP contribution in [-0.4, -0.2) is 32.8 Å². The van der Waals surface area contributed by atoms with Gasteiger partial charge in [-0.25, -0.2) is 17.5 Å². The highest BCUT2D eigenvalue weighted by atomic mass is 32.2. The Morgan fingerprint density at radius 1 is 1.21 bits per heavy atom. The van der Waals surface area contributed by atoms with Gasteiger partial charge in [-0.3, -0.25) is 0 Å². The molecule has 0 unspecified atom stereocenters. The summed E-state index contributed by atoms with van der Waals surface area (Å²) < 4.78 is 45.5. The van der Waals surface area contributed by atoms with Crippen LogP contribution in [0.25, 0.3) is 0 Å². The zero-order chi connectivity index (χ0) is 17.4. The first-order chi connectivity index (χ1) is 11.3. The van der Waals surface area contributed by atoms with Crippen LogP contribution in [0.15, 0.2) is 47.4 Å². The Balaban J connectivity index is 1.73. The summed E-state index contributed by atoms with van der Waals surface area (Å²) in [6.07, 6.45) is 0.755. The topological polar surface area (TPSA) is 75.6 Å². The molecule has 0 fully saturated rings. The number of hydrogen-bond donors (Lipinski definition) is 2. The molecule has 3 rings (SSSR count). The second-order valence-electron chi connectivity index (χ2n) is 5.97. The monoisotopic (exact) mass is 351 g/mol. The van der Waals surface area contributed by atoms with Gasteiger partial charge in [0, 0.05) is 19.4 Å². The van der Waals surface area contributed by atoms with Crippen molar-refractivity contribution >= 4 is 10.0 Å². The lowest BCUT2D eigenvalue weighted by Gasteiger charge is -2.22. The van der Waals surface area contributed by atoms with E-state index in [1.54, 1.807) is 0 Å². The lowest BCUT2D eigenvalue weighted by atomic mass is 10.0. The van der Waals surface area contributed by atoms with Crippen LogP contribution in [0.3, 0.4) is 0 Å². The van der Waals surface area contributed by atoms with Crippen LogP contribution in [0.5, 0.6) is 5.75 Å². The molecule has 0 bridgehead atoms. The van der Waals surface area contributed by atoms with Gasteiger partial charge in [0.2, 0.25) is 10.0 Å². The molecule has 0 atom stereocenters. The van der Waals surface area contributed by atoms with E-state index >= 15 is 0 Å². The third-order valence-corrected chi connectivity index (χ3v) is 5.58. The van der Waals surface area contributed by atoms with E-state index < -0.39 is 21.4 Å². The van der Waals surface area contributed by atoms with Crippen molar-refractivity contribution in [3.63, 3.8) is 0 Å². The highest BCUT2D eigenvalue weighted by molar-refractivity contribution is 7.89. The summed E-state index contributed by atoms with van der Waals surface area (Å²) in [5.41, 5.74) is 0.839. The second-order valence-corrected chi connectivity index (χ2v) is 7.73. The SMILES string of the molecule is COc1ccc(S(=O)(=O)NCC2(O)Cc3ccccc3C2)cc1F. The largest absolute Gasteiger partial charge is 0.494 e. The van der Waals surface area contributed by atoms with Crippen molar-refractivity contribution in [2.75, 3.05) is 13.7 Å². The maximum atomic E-state index is 13.7. The Kier molecular flexibility index (Phi) is 4.33. The predicted octanol–water partition coefficient (Wildman–Crippen LogP) is 1.64. The summed E-state index contributed by atoms with van der Waals surface area (Å²) in [5, 5.41) is 10.6. The van der Waals surface area contributed by atoms with E-state index in [0.29, 0.717) is 12.8 Å². The van der Waals surface area contributed by atoms with Crippen LogP contribution in [-0.2, 0) is 22.9 Å². The molecule has 0 aromatic heterocycles. The second kappa shape index (κ2) is 6.16. The van der Waals surface area contributed by atoms with Crippen molar-refractivity contribution in [2.24, 2.45) is 0 Å². The number of aliphatic hydroxyl groups is 1. The highest BCUT2D eigenvalue weighted by Crippen LogP contribution is 2.30. The van der Waals surface area contributed by atoms with E-state index in [2.05, 4.69) is 4.72 Å². The Bertz CT molecular complexity index is 842. The van der Waals surface area contributed by atoms with Gasteiger partial charge < -0.3 is 9.84 Å². The smallest absolute Gasteiger partial charge is 0.240 e. The molecule has 1 aliphatic rings. The first-order valence-corrected chi connectivity index (χ1v) is 8.94. The van der Waals surface area contributed by atoms with Gasteiger partial charge in [-0.15, -0.1) is 0 Å². The van der Waals surface area contributed by atoms with Crippen LogP contribution in [0, 0.1) is 5.82 Å². The molecule has 5 nitrogen and oxygen atoms in total. The predicted molar refractivity (Wildman–Crippen MR) is 86.9 cm³/mol. The van der Waals surface area contributed by atoms with E-state index in [4.69, 9.17) is 4.74 Å². The lowest BCUT2D eigenvalue weighted by Crippen LogP contribution is -2.43. The lowest BCUT2D eigenvalue weighted by molar-refractivity contribution is 0.0567. The zero-order valence-electron chi connectivity index (χ0n) is 13.1. The maximum absolute atomic E-state index is 13.7. The van der Waals surface area contributed by atoms with Crippen LogP contribution in [0.4, 0.5) is 4.39 Å². The molecule has 0 saturated carbocycles. The molecular weight excluding hydrogens is 333 g/mol. The maximum Gasteiger partial charge on any atom is 0.240 e. The molecule has 0 heterocycles. The summed E-state index contributed by atoms with van der Waals surface area (Å²) in [7, 11) is -2.62. The van der Waals surface area contributed by atoms with Gasteiger partial charge in [-0.1, -0.05) is 24.3 Å². The van der Waals surface area contributed by atoms with Crippen LogP contribution in [0.2, 0.25) is 0 Å². The number of sulfonamides is 1. The minimum atomic E-state index is -3.93. The fourth-order valence-corrected chi connectivity index (χ4v) is 4.06. The number of methoxy groups -OCH3 is 1. The molecule has 0 aliphatic heterocycles. The van der Waals surface area contributed by atoms with Gasteiger partial charge in [-0.05, 0) is 29.3 Å². The molecule has 128 valence electrons. The molecule has 1 aliphatic carbocycles. The number of benzene rings is 2. The molecule has 2 aromatic rings. The first kappa shape index (κ1) is 16.9. The highest BCUT2D eigenvalue weighted by Gasteiger charge is 2.36. The minimum absolute atomic E-state index is 0.0289. The van der Waals surface area contributed by atoms with E-state index in [-0.39, 0.29) is 17.2 Å². The zero-order valence-corrected chi connectivity index (χ0v) is 13.9. The van der Waals surface area contributed by atoms with Gasteiger partial charge in [0.05, 0.1) is 17.6 Å². The van der Waals surface area contributed by atoms with Crippen molar-refractivity contribution in [1.29, 1.82) is 0 Å². The fourth-order valence-electron chi connectivity index (χ4n) is 2.93. The number of hydrogen-bond acceptors (Lipinski definition) is 4. The van der Waals surface area contributed by atoms with Crippen molar-refractivity contribution in [1.82, 2.24) is 4.72 Å². The first-order valence-electron chi connectivity index (χ1n) is 7.45. The van der Waals surface area contributed by atoms with Crippen LogP contribution < -0.4 is 9.46 Å². The summed E-state index contributed by atoms with van der Waals surface area (Å²) in [5.74, 6) is -0.786. The minimum Gasteiger partial charge on any atom is -0.494 e. The number of halogens is 1. The Labute approximate surface area is 140 Å². The Hall–Kier alpha value is -1.96. The van der Waals surface area contributed by atoms with Gasteiger partial charge in [0.15, 0.2) is 11.6 Å². The molecule has 2 N–H and O–H groups in total. The molecule has 7 heteroatoms. The van der Waals surface area contributed by atoms with Crippen LogP contribution >= 0.6 is 0 Å². The average Bonchev–Trinajstić information content (AvgIpc) is 2.90. The van der Waals surface area contributed by atoms with Gasteiger partial charge in [0.25, 0.3) is 0 Å². The molecule has 2 aromatic carbocycles. The third kappa shape index (κ3) is 3.28. The summed E-state index contributed by atoms with van der Waals surface area (Å²) >= 11 is 0. The summed E-state index contributed by atoms with van der Waals surface area (Å²) in [6, 6.07) is 11.0. The van der Waals surface area contributed by atoms with E-state index in [9.17, 15) is 17.9 Å². The fraction of sp³-hybridized carbons (Fsp3) is 0.294. The summed E-state index contributed by atoms with van der Waals surface area (Å²) in [4.78, 5) is -0.208. The molecule has 0 saturated heterocycles. The molecule has 0 spiro atoms. The Morgan fingerprint density at radius 3 is 2.38 bits per heavy atom. The summed E-state index contributed by atoms with van der Waals surface area (Å²) in [6.45, 7) is -0.141. The normalized spacial score (nSPS) is 16.0. The van der Waals surface area contributed by atoms with Crippen molar-refractivity contribution in [3.8, 4) is 5.75 Å². The molecule has 0 radical (unpaired) electrons. The van der Waals surface area contributed by atoms with E-state index in [1.165, 1.54) is 19.2 Å².